The van der Waals surface area contributed by atoms with Gasteiger partial charge in [0.15, 0.2) is 0 Å². The third-order valence-electron chi connectivity index (χ3n) is 5.05. The van der Waals surface area contributed by atoms with E-state index in [2.05, 4.69) is 5.32 Å². The van der Waals surface area contributed by atoms with Crippen molar-refractivity contribution < 1.29 is 19.1 Å². The van der Waals surface area contributed by atoms with E-state index in [0.717, 1.165) is 21.6 Å². The van der Waals surface area contributed by atoms with Crippen LogP contribution in [0.15, 0.2) is 60.7 Å². The molecule has 0 aliphatic carbocycles. The van der Waals surface area contributed by atoms with Gasteiger partial charge in [-0.2, -0.15) is 0 Å². The molecule has 29 heavy (non-hydrogen) atoms. The predicted molar refractivity (Wildman–Crippen MR) is 109 cm³/mol. The lowest BCUT2D eigenvalue weighted by molar-refractivity contribution is -0.121. The molecule has 1 aliphatic rings. The summed E-state index contributed by atoms with van der Waals surface area (Å²) in [7, 11) is 1.61. The zero-order chi connectivity index (χ0) is 20.4. The van der Waals surface area contributed by atoms with Crippen LogP contribution < -0.4 is 10.1 Å². The highest BCUT2D eigenvalue weighted by Gasteiger charge is 2.33. The van der Waals surface area contributed by atoms with E-state index < -0.39 is 11.8 Å². The van der Waals surface area contributed by atoms with Crippen LogP contribution in [0.4, 0.5) is 0 Å². The Morgan fingerprint density at radius 1 is 0.931 bits per heavy atom. The van der Waals surface area contributed by atoms with Crippen molar-refractivity contribution >= 4 is 28.5 Å². The predicted octanol–water partition coefficient (Wildman–Crippen LogP) is 2.80. The van der Waals surface area contributed by atoms with Crippen molar-refractivity contribution in [2.45, 2.75) is 6.42 Å². The lowest BCUT2D eigenvalue weighted by Gasteiger charge is -2.26. The number of hydrogen-bond acceptors (Lipinski definition) is 4. The fourth-order valence-electron chi connectivity index (χ4n) is 3.56. The zero-order valence-electron chi connectivity index (χ0n) is 16.0. The third kappa shape index (κ3) is 3.57. The fourth-order valence-corrected chi connectivity index (χ4v) is 3.56. The molecule has 0 atom stereocenters. The van der Waals surface area contributed by atoms with Crippen LogP contribution in [0.2, 0.25) is 0 Å². The van der Waals surface area contributed by atoms with E-state index in [0.29, 0.717) is 29.5 Å². The van der Waals surface area contributed by atoms with Crippen molar-refractivity contribution in [3.63, 3.8) is 0 Å². The van der Waals surface area contributed by atoms with Crippen molar-refractivity contribution in [2.75, 3.05) is 20.2 Å². The second kappa shape index (κ2) is 7.75. The van der Waals surface area contributed by atoms with Gasteiger partial charge in [-0.05, 0) is 41.6 Å². The summed E-state index contributed by atoms with van der Waals surface area (Å²) in [6.07, 6.45) is 0.639. The molecule has 0 saturated carbocycles. The second-order valence-electron chi connectivity index (χ2n) is 6.85. The zero-order valence-corrected chi connectivity index (χ0v) is 16.0. The maximum absolute atomic E-state index is 12.8. The molecule has 0 unspecified atom stereocenters. The van der Waals surface area contributed by atoms with Gasteiger partial charge < -0.3 is 10.1 Å². The summed E-state index contributed by atoms with van der Waals surface area (Å²) in [5.74, 6) is -0.476. The highest BCUT2D eigenvalue weighted by Crippen LogP contribution is 2.29. The molecule has 3 amide bonds. The Morgan fingerprint density at radius 2 is 1.55 bits per heavy atom. The van der Waals surface area contributed by atoms with E-state index in [9.17, 15) is 14.4 Å². The first kappa shape index (κ1) is 18.7. The van der Waals surface area contributed by atoms with Crippen LogP contribution >= 0.6 is 0 Å². The van der Waals surface area contributed by atoms with Crippen LogP contribution in [0.5, 0.6) is 5.75 Å². The van der Waals surface area contributed by atoms with Crippen molar-refractivity contribution in [1.29, 1.82) is 0 Å². The van der Waals surface area contributed by atoms with Gasteiger partial charge in [0.05, 0.1) is 7.11 Å². The molecular weight excluding hydrogens is 368 g/mol. The summed E-state index contributed by atoms with van der Waals surface area (Å²) >= 11 is 0. The maximum Gasteiger partial charge on any atom is 0.261 e. The summed E-state index contributed by atoms with van der Waals surface area (Å²) in [6, 6.07) is 18.3. The van der Waals surface area contributed by atoms with Gasteiger partial charge in [-0.1, -0.05) is 36.4 Å². The summed E-state index contributed by atoms with van der Waals surface area (Å²) in [5.41, 5.74) is 1.95. The molecule has 0 saturated heterocycles. The largest absolute Gasteiger partial charge is 0.497 e. The Bertz CT molecular complexity index is 1050. The van der Waals surface area contributed by atoms with Gasteiger partial charge in [-0.15, -0.1) is 0 Å². The van der Waals surface area contributed by atoms with Gasteiger partial charge in [0.25, 0.3) is 11.8 Å². The average Bonchev–Trinajstić information content (AvgIpc) is 2.75. The normalized spacial score (nSPS) is 12.9. The summed E-state index contributed by atoms with van der Waals surface area (Å²) < 4.78 is 5.12. The first-order valence-corrected chi connectivity index (χ1v) is 9.36. The lowest BCUT2D eigenvalue weighted by Crippen LogP contribution is -2.46. The number of carbonyl (C=O) groups is 3. The van der Waals surface area contributed by atoms with Crippen LogP contribution in [0.3, 0.4) is 0 Å². The molecule has 146 valence electrons. The van der Waals surface area contributed by atoms with E-state index in [1.165, 1.54) is 0 Å². The van der Waals surface area contributed by atoms with Gasteiger partial charge >= 0.3 is 0 Å². The Kier molecular flexibility index (Phi) is 4.99. The highest BCUT2D eigenvalue weighted by molar-refractivity contribution is 6.26. The maximum atomic E-state index is 12.8. The molecule has 0 aromatic heterocycles. The first-order valence-electron chi connectivity index (χ1n) is 9.36. The molecule has 1 aliphatic heterocycles. The summed E-state index contributed by atoms with van der Waals surface area (Å²) in [6.45, 7) is 0.110. The third-order valence-corrected chi connectivity index (χ3v) is 5.05. The summed E-state index contributed by atoms with van der Waals surface area (Å²) in [5, 5.41) is 4.27. The Labute approximate surface area is 168 Å². The van der Waals surface area contributed by atoms with Crippen LogP contribution in [0.1, 0.15) is 26.3 Å². The molecule has 6 nitrogen and oxygen atoms in total. The van der Waals surface area contributed by atoms with Crippen LogP contribution in [0.25, 0.3) is 10.8 Å². The van der Waals surface area contributed by atoms with Crippen molar-refractivity contribution in [1.82, 2.24) is 10.2 Å². The number of nitrogens with zero attached hydrogens (tertiary/aromatic N) is 1. The molecular formula is C23H20N2O4. The number of ether oxygens (including phenoxy) is 1. The number of imide groups is 1. The van der Waals surface area contributed by atoms with Crippen LogP contribution in [0, 0.1) is 0 Å². The molecule has 0 radical (unpaired) electrons. The molecule has 3 aromatic rings. The molecule has 1 N–H and O–H groups in total. The topological polar surface area (TPSA) is 75.7 Å². The van der Waals surface area contributed by atoms with Gasteiger partial charge in [-0.3, -0.25) is 19.3 Å². The fraction of sp³-hybridized carbons (Fsp3) is 0.174. The Morgan fingerprint density at radius 3 is 2.14 bits per heavy atom. The van der Waals surface area contributed by atoms with Crippen molar-refractivity contribution in [3.05, 3.63) is 77.4 Å². The molecule has 0 spiro atoms. The molecule has 0 bridgehead atoms. The number of methoxy groups -OCH3 is 1. The number of benzene rings is 3. The van der Waals surface area contributed by atoms with E-state index in [-0.39, 0.29) is 12.5 Å². The molecule has 4 rings (SSSR count). The average molecular weight is 388 g/mol. The number of amides is 3. The minimum absolute atomic E-state index is 0.301. The Hall–Kier alpha value is -3.67. The smallest absolute Gasteiger partial charge is 0.261 e. The minimum atomic E-state index is -0.440. The number of hydrogen-bond donors (Lipinski definition) is 1. The van der Waals surface area contributed by atoms with Gasteiger partial charge in [0.2, 0.25) is 5.91 Å². The second-order valence-corrected chi connectivity index (χ2v) is 6.85. The number of carbonyl (C=O) groups excluding carboxylic acids is 3. The van der Waals surface area contributed by atoms with E-state index in [1.54, 1.807) is 31.4 Å². The van der Waals surface area contributed by atoms with E-state index in [4.69, 9.17) is 4.74 Å². The number of nitrogens with one attached hydrogen (secondary N) is 1. The minimum Gasteiger partial charge on any atom is -0.497 e. The highest BCUT2D eigenvalue weighted by atomic mass is 16.5. The van der Waals surface area contributed by atoms with Gasteiger partial charge in [0.1, 0.15) is 12.3 Å². The molecule has 6 heteroatoms. The molecule has 0 fully saturated rings. The SMILES string of the molecule is COc1ccc(CCNC(=O)CN2C(=O)c3cccc4cccc(c34)C2=O)cc1. The van der Waals surface area contributed by atoms with Crippen LogP contribution in [-0.4, -0.2) is 42.8 Å². The van der Waals surface area contributed by atoms with Crippen LogP contribution in [-0.2, 0) is 11.2 Å². The van der Waals surface area contributed by atoms with Gasteiger partial charge in [0, 0.05) is 23.1 Å². The lowest BCUT2D eigenvalue weighted by atomic mass is 9.94. The molecule has 1 heterocycles. The summed E-state index contributed by atoms with van der Waals surface area (Å²) in [4.78, 5) is 39.0. The standard InChI is InChI=1S/C23H20N2O4/c1-29-17-10-8-15(9-11-17)12-13-24-20(26)14-25-22(27)18-6-2-4-16-5-3-7-19(21(16)18)23(25)28/h2-11H,12-14H2,1H3,(H,24,26). The quantitative estimate of drug-likeness (QED) is 0.659. The Balaban J connectivity index is 1.42. The van der Waals surface area contributed by atoms with Crippen molar-refractivity contribution in [2.24, 2.45) is 0 Å². The monoisotopic (exact) mass is 388 g/mol. The molecule has 3 aromatic carbocycles. The first-order chi connectivity index (χ1) is 14.1. The van der Waals surface area contributed by atoms with E-state index >= 15 is 0 Å². The van der Waals surface area contributed by atoms with E-state index in [1.807, 2.05) is 36.4 Å². The van der Waals surface area contributed by atoms with Gasteiger partial charge in [-0.25, -0.2) is 0 Å². The number of rotatable bonds is 6. The van der Waals surface area contributed by atoms with Crippen molar-refractivity contribution in [3.8, 4) is 5.75 Å².